The lowest BCUT2D eigenvalue weighted by Crippen LogP contribution is -2.29. The molecule has 96 valence electrons. The number of aromatic nitrogens is 3. The Hall–Kier alpha value is -2.24. The zero-order valence-corrected chi connectivity index (χ0v) is 10.6. The molecule has 5 heteroatoms. The van der Waals surface area contributed by atoms with Crippen molar-refractivity contribution in [3.8, 4) is 0 Å². The van der Waals surface area contributed by atoms with Crippen molar-refractivity contribution < 1.29 is 0 Å². The van der Waals surface area contributed by atoms with E-state index < -0.39 is 0 Å². The molecule has 0 spiro atoms. The molecule has 0 bridgehead atoms. The van der Waals surface area contributed by atoms with Gasteiger partial charge in [-0.25, -0.2) is 5.43 Å². The number of fused-ring (bicyclic) bond motifs is 1. The first-order valence-electron chi connectivity index (χ1n) is 6.08. The van der Waals surface area contributed by atoms with Gasteiger partial charge in [0.25, 0.3) is 0 Å². The highest BCUT2D eigenvalue weighted by atomic mass is 15.3. The summed E-state index contributed by atoms with van der Waals surface area (Å²) in [5.74, 6) is 5.66. The summed E-state index contributed by atoms with van der Waals surface area (Å²) in [5.41, 5.74) is 5.64. The fraction of sp³-hybridized carbons (Fsp3) is 0.143. The molecule has 2 heterocycles. The molecule has 0 aliphatic rings. The Morgan fingerprint density at radius 1 is 1.21 bits per heavy atom. The molecule has 0 amide bonds. The van der Waals surface area contributed by atoms with E-state index in [0.29, 0.717) is 0 Å². The molecule has 3 N–H and O–H groups in total. The van der Waals surface area contributed by atoms with Crippen molar-refractivity contribution in [2.24, 2.45) is 12.9 Å². The maximum Gasteiger partial charge on any atom is 0.0911 e. The van der Waals surface area contributed by atoms with Crippen LogP contribution in [0.25, 0.3) is 10.9 Å². The maximum atomic E-state index is 5.66. The minimum absolute atomic E-state index is 0.154. The van der Waals surface area contributed by atoms with Gasteiger partial charge in [0.15, 0.2) is 0 Å². The lowest BCUT2D eigenvalue weighted by Gasteiger charge is -2.14. The summed E-state index contributed by atoms with van der Waals surface area (Å²) in [6, 6.07) is 11.9. The average Bonchev–Trinajstić information content (AvgIpc) is 2.86. The van der Waals surface area contributed by atoms with E-state index in [1.807, 2.05) is 43.6 Å². The second-order valence-electron chi connectivity index (χ2n) is 4.48. The largest absolute Gasteiger partial charge is 0.275 e. The van der Waals surface area contributed by atoms with Gasteiger partial charge in [-0.2, -0.15) is 5.10 Å². The van der Waals surface area contributed by atoms with Crippen LogP contribution in [0.5, 0.6) is 0 Å². The van der Waals surface area contributed by atoms with Crippen molar-refractivity contribution in [3.05, 3.63) is 60.0 Å². The van der Waals surface area contributed by atoms with Gasteiger partial charge in [0.05, 0.1) is 23.4 Å². The third-order valence-corrected chi connectivity index (χ3v) is 3.14. The lowest BCUT2D eigenvalue weighted by molar-refractivity contribution is 0.622. The predicted molar refractivity (Wildman–Crippen MR) is 74.1 cm³/mol. The highest BCUT2D eigenvalue weighted by molar-refractivity contribution is 5.78. The highest BCUT2D eigenvalue weighted by Crippen LogP contribution is 2.21. The van der Waals surface area contributed by atoms with Gasteiger partial charge < -0.3 is 0 Å². The number of rotatable bonds is 3. The molecule has 0 saturated heterocycles. The molecular formula is C14H15N5. The fourth-order valence-corrected chi connectivity index (χ4v) is 2.18. The Bertz CT molecular complexity index is 704. The van der Waals surface area contributed by atoms with Crippen LogP contribution < -0.4 is 11.3 Å². The van der Waals surface area contributed by atoms with Gasteiger partial charge in [0.2, 0.25) is 0 Å². The summed E-state index contributed by atoms with van der Waals surface area (Å²) < 4.78 is 1.75. The minimum Gasteiger partial charge on any atom is -0.275 e. The quantitative estimate of drug-likeness (QED) is 0.548. The van der Waals surface area contributed by atoms with Crippen molar-refractivity contribution >= 4 is 10.9 Å². The number of nitrogens with two attached hydrogens (primary N) is 1. The first-order chi connectivity index (χ1) is 9.28. The predicted octanol–water partition coefficient (Wildman–Crippen LogP) is 1.52. The van der Waals surface area contributed by atoms with Gasteiger partial charge in [-0.3, -0.25) is 15.5 Å². The molecule has 0 radical (unpaired) electrons. The number of nitrogens with one attached hydrogen (secondary N) is 1. The molecule has 3 rings (SSSR count). The molecule has 3 aromatic rings. The van der Waals surface area contributed by atoms with E-state index >= 15 is 0 Å². The van der Waals surface area contributed by atoms with Crippen molar-refractivity contribution in [1.29, 1.82) is 0 Å². The number of nitrogens with zero attached hydrogens (tertiary/aromatic N) is 3. The van der Waals surface area contributed by atoms with Crippen LogP contribution in [0.15, 0.2) is 48.8 Å². The van der Waals surface area contributed by atoms with Crippen LogP contribution in [0.4, 0.5) is 0 Å². The molecular weight excluding hydrogens is 238 g/mol. The SMILES string of the molecule is Cn1cc(C(NN)c2ccc3ccccc3n2)cn1. The lowest BCUT2D eigenvalue weighted by atomic mass is 10.1. The van der Waals surface area contributed by atoms with Gasteiger partial charge >= 0.3 is 0 Å². The number of benzene rings is 1. The smallest absolute Gasteiger partial charge is 0.0911 e. The summed E-state index contributed by atoms with van der Waals surface area (Å²) in [5, 5.41) is 5.29. The van der Waals surface area contributed by atoms with Crippen LogP contribution in [0, 0.1) is 0 Å². The maximum absolute atomic E-state index is 5.66. The zero-order chi connectivity index (χ0) is 13.2. The number of aryl methyl sites for hydroxylation is 1. The standard InChI is InChI=1S/C14H15N5/c1-19-9-11(8-16-19)14(18-15)13-7-6-10-4-2-3-5-12(10)17-13/h2-9,14,18H,15H2,1H3. The summed E-state index contributed by atoms with van der Waals surface area (Å²) in [6.07, 6.45) is 3.72. The third-order valence-electron chi connectivity index (χ3n) is 3.14. The number of hydrogen-bond acceptors (Lipinski definition) is 4. The van der Waals surface area contributed by atoms with Crippen LogP contribution in [0.2, 0.25) is 0 Å². The Labute approximate surface area is 111 Å². The second kappa shape index (κ2) is 4.79. The normalized spacial score (nSPS) is 12.7. The van der Waals surface area contributed by atoms with E-state index in [2.05, 4.69) is 21.6 Å². The molecule has 0 saturated carbocycles. The zero-order valence-electron chi connectivity index (χ0n) is 10.6. The van der Waals surface area contributed by atoms with E-state index in [1.54, 1.807) is 10.9 Å². The molecule has 2 aromatic heterocycles. The summed E-state index contributed by atoms with van der Waals surface area (Å²) in [7, 11) is 1.88. The molecule has 0 aliphatic heterocycles. The molecule has 19 heavy (non-hydrogen) atoms. The molecule has 1 unspecified atom stereocenters. The number of hydrazine groups is 1. The van der Waals surface area contributed by atoms with E-state index in [9.17, 15) is 0 Å². The summed E-state index contributed by atoms with van der Waals surface area (Å²) >= 11 is 0. The number of para-hydroxylation sites is 1. The summed E-state index contributed by atoms with van der Waals surface area (Å²) in [4.78, 5) is 4.65. The van der Waals surface area contributed by atoms with Crippen LogP contribution >= 0.6 is 0 Å². The van der Waals surface area contributed by atoms with Crippen LogP contribution in [0.3, 0.4) is 0 Å². The summed E-state index contributed by atoms with van der Waals surface area (Å²) in [6.45, 7) is 0. The molecule has 5 nitrogen and oxygen atoms in total. The van der Waals surface area contributed by atoms with E-state index in [0.717, 1.165) is 22.2 Å². The van der Waals surface area contributed by atoms with Gasteiger partial charge in [0, 0.05) is 24.2 Å². The van der Waals surface area contributed by atoms with Crippen molar-refractivity contribution in [1.82, 2.24) is 20.2 Å². The van der Waals surface area contributed by atoms with Crippen LogP contribution in [-0.2, 0) is 7.05 Å². The van der Waals surface area contributed by atoms with Crippen LogP contribution in [0.1, 0.15) is 17.3 Å². The Morgan fingerprint density at radius 2 is 2.05 bits per heavy atom. The molecule has 1 aromatic carbocycles. The first-order valence-corrected chi connectivity index (χ1v) is 6.08. The second-order valence-corrected chi connectivity index (χ2v) is 4.48. The van der Waals surface area contributed by atoms with Crippen molar-refractivity contribution in [2.45, 2.75) is 6.04 Å². The third kappa shape index (κ3) is 2.21. The Balaban J connectivity index is 2.06. The molecule has 0 fully saturated rings. The van der Waals surface area contributed by atoms with Gasteiger partial charge in [-0.1, -0.05) is 24.3 Å². The topological polar surface area (TPSA) is 68.8 Å². The Kier molecular flexibility index (Phi) is 2.98. The molecule has 0 aliphatic carbocycles. The number of hydrogen-bond donors (Lipinski definition) is 2. The van der Waals surface area contributed by atoms with Crippen LogP contribution in [-0.4, -0.2) is 14.8 Å². The average molecular weight is 253 g/mol. The van der Waals surface area contributed by atoms with Gasteiger partial charge in [-0.15, -0.1) is 0 Å². The fourth-order valence-electron chi connectivity index (χ4n) is 2.18. The van der Waals surface area contributed by atoms with E-state index in [4.69, 9.17) is 5.84 Å². The minimum atomic E-state index is -0.154. The monoisotopic (exact) mass is 253 g/mol. The van der Waals surface area contributed by atoms with E-state index in [1.165, 1.54) is 0 Å². The van der Waals surface area contributed by atoms with Gasteiger partial charge in [-0.05, 0) is 12.1 Å². The Morgan fingerprint density at radius 3 is 2.79 bits per heavy atom. The number of pyridine rings is 1. The molecule has 1 atom stereocenters. The highest BCUT2D eigenvalue weighted by Gasteiger charge is 2.15. The van der Waals surface area contributed by atoms with Crippen molar-refractivity contribution in [3.63, 3.8) is 0 Å². The van der Waals surface area contributed by atoms with E-state index in [-0.39, 0.29) is 6.04 Å². The van der Waals surface area contributed by atoms with Gasteiger partial charge in [0.1, 0.15) is 0 Å². The van der Waals surface area contributed by atoms with Crippen molar-refractivity contribution in [2.75, 3.05) is 0 Å². The first kappa shape index (κ1) is 11.8.